The summed E-state index contributed by atoms with van der Waals surface area (Å²) in [6, 6.07) is 15.4. The molecule has 0 fully saturated rings. The van der Waals surface area contributed by atoms with Crippen molar-refractivity contribution >= 4 is 16.6 Å². The first-order valence-electron chi connectivity index (χ1n) is 7.20. The van der Waals surface area contributed by atoms with Crippen molar-refractivity contribution in [1.29, 1.82) is 0 Å². The van der Waals surface area contributed by atoms with E-state index in [9.17, 15) is 10.1 Å². The molecule has 0 saturated carbocycles. The lowest BCUT2D eigenvalue weighted by Gasteiger charge is -2.11. The Morgan fingerprint density at radius 1 is 1.09 bits per heavy atom. The van der Waals surface area contributed by atoms with Crippen molar-refractivity contribution in [3.8, 4) is 11.1 Å². The number of pyridine rings is 1. The highest BCUT2D eigenvalue weighted by Crippen LogP contribution is 2.36. The van der Waals surface area contributed by atoms with Crippen molar-refractivity contribution in [2.24, 2.45) is 0 Å². The molecule has 0 amide bonds. The van der Waals surface area contributed by atoms with Gasteiger partial charge in [-0.05, 0) is 29.2 Å². The maximum absolute atomic E-state index is 11.4. The molecular formula is C18H16N2O2. The number of rotatable bonds is 3. The highest BCUT2D eigenvalue weighted by molar-refractivity contribution is 5.99. The highest BCUT2D eigenvalue weighted by Gasteiger charge is 2.20. The zero-order chi connectivity index (χ0) is 15.7. The summed E-state index contributed by atoms with van der Waals surface area (Å²) >= 11 is 0. The van der Waals surface area contributed by atoms with Gasteiger partial charge < -0.3 is 0 Å². The average Bonchev–Trinajstić information content (AvgIpc) is 2.53. The summed E-state index contributed by atoms with van der Waals surface area (Å²) in [4.78, 5) is 15.3. The maximum atomic E-state index is 11.4. The Labute approximate surface area is 128 Å². The molecule has 0 bridgehead atoms. The van der Waals surface area contributed by atoms with Crippen LogP contribution in [0, 0.1) is 10.1 Å². The van der Waals surface area contributed by atoms with Gasteiger partial charge in [0, 0.05) is 5.39 Å². The fourth-order valence-corrected chi connectivity index (χ4v) is 2.61. The Bertz CT molecular complexity index is 842. The molecule has 4 nitrogen and oxygen atoms in total. The number of hydrogen-bond acceptors (Lipinski definition) is 3. The Balaban J connectivity index is 2.40. The van der Waals surface area contributed by atoms with E-state index in [4.69, 9.17) is 0 Å². The minimum Gasteiger partial charge on any atom is -0.258 e. The second kappa shape index (κ2) is 5.56. The average molecular weight is 292 g/mol. The molecule has 0 N–H and O–H groups in total. The predicted octanol–water partition coefficient (Wildman–Crippen LogP) is 4.93. The van der Waals surface area contributed by atoms with Crippen LogP contribution in [0.5, 0.6) is 0 Å². The largest absolute Gasteiger partial charge is 0.295 e. The Morgan fingerprint density at radius 3 is 2.45 bits per heavy atom. The van der Waals surface area contributed by atoms with E-state index in [2.05, 4.69) is 18.8 Å². The third-order valence-electron chi connectivity index (χ3n) is 3.80. The van der Waals surface area contributed by atoms with E-state index >= 15 is 0 Å². The molecule has 0 aliphatic carbocycles. The lowest BCUT2D eigenvalue weighted by molar-refractivity contribution is -0.384. The van der Waals surface area contributed by atoms with Crippen LogP contribution >= 0.6 is 0 Å². The van der Waals surface area contributed by atoms with E-state index in [0.29, 0.717) is 11.5 Å². The monoisotopic (exact) mass is 292 g/mol. The molecule has 0 radical (unpaired) electrons. The van der Waals surface area contributed by atoms with Crippen LogP contribution in [0.4, 0.5) is 5.69 Å². The van der Waals surface area contributed by atoms with E-state index in [0.717, 1.165) is 22.0 Å². The molecular weight excluding hydrogens is 276 g/mol. The summed E-state index contributed by atoms with van der Waals surface area (Å²) in [5.74, 6) is 0.354. The summed E-state index contributed by atoms with van der Waals surface area (Å²) in [7, 11) is 0. The fraction of sp³-hybridized carbons (Fsp3) is 0.167. The molecule has 1 aromatic heterocycles. The summed E-state index contributed by atoms with van der Waals surface area (Å²) in [6.45, 7) is 4.21. The second-order valence-corrected chi connectivity index (χ2v) is 5.57. The zero-order valence-corrected chi connectivity index (χ0v) is 12.5. The summed E-state index contributed by atoms with van der Waals surface area (Å²) in [5, 5.41) is 12.2. The minimum atomic E-state index is -0.364. The molecule has 2 aromatic carbocycles. The van der Waals surface area contributed by atoms with Crippen molar-refractivity contribution in [2.45, 2.75) is 19.8 Å². The first-order valence-corrected chi connectivity index (χ1v) is 7.20. The number of aromatic nitrogens is 1. The molecule has 22 heavy (non-hydrogen) atoms. The molecule has 0 atom stereocenters. The van der Waals surface area contributed by atoms with E-state index < -0.39 is 0 Å². The zero-order valence-electron chi connectivity index (χ0n) is 12.5. The highest BCUT2D eigenvalue weighted by atomic mass is 16.6. The van der Waals surface area contributed by atoms with Gasteiger partial charge in [0.2, 0.25) is 0 Å². The molecule has 3 aromatic rings. The van der Waals surface area contributed by atoms with E-state index in [1.54, 1.807) is 0 Å². The number of hydrogen-bond donors (Lipinski definition) is 0. The summed E-state index contributed by atoms with van der Waals surface area (Å²) < 4.78 is 0. The van der Waals surface area contributed by atoms with E-state index in [1.807, 2.05) is 48.5 Å². The molecule has 0 saturated heterocycles. The van der Waals surface area contributed by atoms with Crippen LogP contribution in [0.15, 0.2) is 54.7 Å². The number of nitrogens with zero attached hydrogens (tertiary/aromatic N) is 2. The maximum Gasteiger partial charge on any atom is 0.295 e. The van der Waals surface area contributed by atoms with E-state index in [1.165, 1.54) is 6.20 Å². The lowest BCUT2D eigenvalue weighted by Crippen LogP contribution is -1.96. The Kier molecular flexibility index (Phi) is 3.59. The van der Waals surface area contributed by atoms with Gasteiger partial charge in [-0.3, -0.25) is 10.1 Å². The first kappa shape index (κ1) is 14.2. The van der Waals surface area contributed by atoms with Crippen LogP contribution in [-0.2, 0) is 0 Å². The molecule has 0 aliphatic heterocycles. The van der Waals surface area contributed by atoms with Crippen molar-refractivity contribution in [3.05, 3.63) is 70.4 Å². The molecule has 0 spiro atoms. The lowest BCUT2D eigenvalue weighted by atomic mass is 9.95. The van der Waals surface area contributed by atoms with Crippen molar-refractivity contribution in [2.75, 3.05) is 0 Å². The molecule has 3 rings (SSSR count). The Hall–Kier alpha value is -2.75. The van der Waals surface area contributed by atoms with Gasteiger partial charge >= 0.3 is 0 Å². The van der Waals surface area contributed by atoms with Crippen LogP contribution in [-0.4, -0.2) is 9.91 Å². The minimum absolute atomic E-state index is 0.0413. The van der Waals surface area contributed by atoms with Gasteiger partial charge in [0.25, 0.3) is 5.69 Å². The van der Waals surface area contributed by atoms with Crippen LogP contribution in [0.2, 0.25) is 0 Å². The molecule has 0 unspecified atom stereocenters. The van der Waals surface area contributed by atoms with Crippen molar-refractivity contribution in [1.82, 2.24) is 4.98 Å². The van der Waals surface area contributed by atoms with Gasteiger partial charge in [-0.2, -0.15) is 0 Å². The van der Waals surface area contributed by atoms with Gasteiger partial charge in [-0.1, -0.05) is 50.2 Å². The number of benzene rings is 2. The number of nitro groups is 1. The first-order chi connectivity index (χ1) is 10.6. The summed E-state index contributed by atoms with van der Waals surface area (Å²) in [5.41, 5.74) is 3.43. The standard InChI is InChI=1S/C18H16N2O2/c1-12(2)14-8-9-16-15(10-14)18(13-6-4-3-5-7-13)17(11-19-16)20(21)22/h3-12H,1-2H3. The van der Waals surface area contributed by atoms with Crippen LogP contribution in [0.1, 0.15) is 25.3 Å². The third kappa shape index (κ3) is 2.44. The normalized spacial score (nSPS) is 11.0. The van der Waals surface area contributed by atoms with Gasteiger partial charge in [0.05, 0.1) is 16.0 Å². The Morgan fingerprint density at radius 2 is 1.82 bits per heavy atom. The topological polar surface area (TPSA) is 56.0 Å². The van der Waals surface area contributed by atoms with E-state index in [-0.39, 0.29) is 10.6 Å². The second-order valence-electron chi connectivity index (χ2n) is 5.57. The van der Waals surface area contributed by atoms with Crippen LogP contribution < -0.4 is 0 Å². The summed E-state index contributed by atoms with van der Waals surface area (Å²) in [6.07, 6.45) is 1.35. The quantitative estimate of drug-likeness (QED) is 0.508. The predicted molar refractivity (Wildman–Crippen MR) is 87.9 cm³/mol. The van der Waals surface area contributed by atoms with Crippen molar-refractivity contribution < 1.29 is 4.92 Å². The van der Waals surface area contributed by atoms with Crippen LogP contribution in [0.3, 0.4) is 0 Å². The molecule has 0 aliphatic rings. The number of fused-ring (bicyclic) bond motifs is 1. The van der Waals surface area contributed by atoms with Gasteiger partial charge in [0.15, 0.2) is 0 Å². The fourth-order valence-electron chi connectivity index (χ4n) is 2.61. The van der Waals surface area contributed by atoms with Gasteiger partial charge in [-0.25, -0.2) is 4.98 Å². The molecule has 1 heterocycles. The molecule has 110 valence electrons. The molecule has 4 heteroatoms. The SMILES string of the molecule is CC(C)c1ccc2ncc([N+](=O)[O-])c(-c3ccccc3)c2c1. The van der Waals surface area contributed by atoms with Crippen LogP contribution in [0.25, 0.3) is 22.0 Å². The third-order valence-corrected chi connectivity index (χ3v) is 3.80. The van der Waals surface area contributed by atoms with Gasteiger partial charge in [0.1, 0.15) is 6.20 Å². The van der Waals surface area contributed by atoms with Crippen molar-refractivity contribution in [3.63, 3.8) is 0 Å². The smallest absolute Gasteiger partial charge is 0.258 e. The van der Waals surface area contributed by atoms with Gasteiger partial charge in [-0.15, -0.1) is 0 Å².